The van der Waals surface area contributed by atoms with E-state index >= 15 is 0 Å². The van der Waals surface area contributed by atoms with Gasteiger partial charge in [-0.15, -0.1) is 0 Å². The fourth-order valence-corrected chi connectivity index (χ4v) is 1.98. The fourth-order valence-electron chi connectivity index (χ4n) is 1.81. The lowest BCUT2D eigenvalue weighted by Crippen LogP contribution is -2.03. The molecule has 0 fully saturated rings. The minimum atomic E-state index is -0.384. The lowest BCUT2D eigenvalue weighted by Gasteiger charge is -2.11. The normalized spacial score (nSPS) is 9.90. The molecule has 0 aliphatic carbocycles. The van der Waals surface area contributed by atoms with Crippen LogP contribution in [0.15, 0.2) is 36.4 Å². The van der Waals surface area contributed by atoms with Crippen molar-refractivity contribution in [1.82, 2.24) is 0 Å². The van der Waals surface area contributed by atoms with E-state index in [0.717, 1.165) is 5.56 Å². The standard InChI is InChI=1S/C15H12ClFN2O/c1-20-15-5-2-10(8-18)6-11(15)9-19-14-7-12(16)3-4-13(14)17/h2-7,19H,9H2,1H3. The molecule has 0 unspecified atom stereocenters. The van der Waals surface area contributed by atoms with Crippen LogP contribution in [0.25, 0.3) is 0 Å². The second-order valence-corrected chi connectivity index (χ2v) is 4.55. The summed E-state index contributed by atoms with van der Waals surface area (Å²) in [6.07, 6.45) is 0. The molecule has 3 nitrogen and oxygen atoms in total. The van der Waals surface area contributed by atoms with E-state index < -0.39 is 0 Å². The number of ether oxygens (including phenoxy) is 1. The fraction of sp³-hybridized carbons (Fsp3) is 0.133. The summed E-state index contributed by atoms with van der Waals surface area (Å²) in [6.45, 7) is 0.329. The van der Waals surface area contributed by atoms with Crippen molar-refractivity contribution in [3.8, 4) is 11.8 Å². The maximum absolute atomic E-state index is 13.6. The van der Waals surface area contributed by atoms with Crippen molar-refractivity contribution < 1.29 is 9.13 Å². The second kappa shape index (κ2) is 6.27. The molecule has 0 heterocycles. The highest BCUT2D eigenvalue weighted by Crippen LogP contribution is 2.23. The third kappa shape index (κ3) is 3.19. The highest BCUT2D eigenvalue weighted by atomic mass is 35.5. The van der Waals surface area contributed by atoms with Crippen molar-refractivity contribution in [2.24, 2.45) is 0 Å². The minimum absolute atomic E-state index is 0.307. The summed E-state index contributed by atoms with van der Waals surface area (Å²) in [5, 5.41) is 12.3. The lowest BCUT2D eigenvalue weighted by atomic mass is 10.1. The topological polar surface area (TPSA) is 45.0 Å². The van der Waals surface area contributed by atoms with Crippen molar-refractivity contribution in [2.45, 2.75) is 6.54 Å². The van der Waals surface area contributed by atoms with Crippen LogP contribution in [0.4, 0.5) is 10.1 Å². The van der Waals surface area contributed by atoms with Gasteiger partial charge in [0.15, 0.2) is 0 Å². The van der Waals surface area contributed by atoms with Crippen LogP contribution >= 0.6 is 11.6 Å². The first-order chi connectivity index (χ1) is 9.63. The molecular weight excluding hydrogens is 279 g/mol. The molecule has 0 aromatic heterocycles. The van der Waals surface area contributed by atoms with Crippen molar-refractivity contribution >= 4 is 17.3 Å². The summed E-state index contributed by atoms with van der Waals surface area (Å²) in [7, 11) is 1.55. The first-order valence-electron chi connectivity index (χ1n) is 5.90. The molecule has 5 heteroatoms. The Morgan fingerprint density at radius 2 is 2.10 bits per heavy atom. The molecule has 0 atom stereocenters. The molecule has 2 aromatic carbocycles. The van der Waals surface area contributed by atoms with Gasteiger partial charge in [-0.05, 0) is 36.4 Å². The van der Waals surface area contributed by atoms with E-state index in [4.69, 9.17) is 21.6 Å². The van der Waals surface area contributed by atoms with Crippen LogP contribution < -0.4 is 10.1 Å². The molecule has 20 heavy (non-hydrogen) atoms. The molecule has 0 aliphatic heterocycles. The van der Waals surface area contributed by atoms with Gasteiger partial charge in [0.2, 0.25) is 0 Å². The van der Waals surface area contributed by atoms with Crippen LogP contribution in [0.5, 0.6) is 5.75 Å². The van der Waals surface area contributed by atoms with E-state index in [0.29, 0.717) is 28.6 Å². The molecule has 0 bridgehead atoms. The molecule has 0 amide bonds. The Morgan fingerprint density at radius 1 is 1.30 bits per heavy atom. The van der Waals surface area contributed by atoms with Crippen LogP contribution in [0, 0.1) is 17.1 Å². The van der Waals surface area contributed by atoms with Crippen LogP contribution in [0.3, 0.4) is 0 Å². The van der Waals surface area contributed by atoms with E-state index in [-0.39, 0.29) is 5.82 Å². The number of benzene rings is 2. The number of halogens is 2. The number of nitrogens with zero attached hydrogens (tertiary/aromatic N) is 1. The van der Waals surface area contributed by atoms with Gasteiger partial charge < -0.3 is 10.1 Å². The number of anilines is 1. The van der Waals surface area contributed by atoms with Crippen LogP contribution in [-0.2, 0) is 6.54 Å². The molecule has 0 saturated heterocycles. The van der Waals surface area contributed by atoms with E-state index in [9.17, 15) is 4.39 Å². The zero-order valence-corrected chi connectivity index (χ0v) is 11.5. The largest absolute Gasteiger partial charge is 0.496 e. The average Bonchev–Trinajstić information content (AvgIpc) is 2.47. The van der Waals surface area contributed by atoms with Crippen LogP contribution in [0.1, 0.15) is 11.1 Å². The average molecular weight is 291 g/mol. The Labute approximate surface area is 121 Å². The highest BCUT2D eigenvalue weighted by Gasteiger charge is 2.07. The summed E-state index contributed by atoms with van der Waals surface area (Å²) in [4.78, 5) is 0. The van der Waals surface area contributed by atoms with E-state index in [2.05, 4.69) is 11.4 Å². The molecule has 0 radical (unpaired) electrons. The summed E-state index contributed by atoms with van der Waals surface area (Å²) in [5.41, 5.74) is 1.60. The van der Waals surface area contributed by atoms with Gasteiger partial charge in [0.05, 0.1) is 24.4 Å². The zero-order valence-electron chi connectivity index (χ0n) is 10.8. The minimum Gasteiger partial charge on any atom is -0.496 e. The molecule has 1 N–H and O–H groups in total. The number of hydrogen-bond donors (Lipinski definition) is 1. The van der Waals surface area contributed by atoms with Gasteiger partial charge >= 0.3 is 0 Å². The van der Waals surface area contributed by atoms with Gasteiger partial charge in [0, 0.05) is 17.1 Å². The van der Waals surface area contributed by atoms with Gasteiger partial charge in [-0.2, -0.15) is 5.26 Å². The molecule has 0 aliphatic rings. The third-order valence-electron chi connectivity index (χ3n) is 2.81. The summed E-state index contributed by atoms with van der Waals surface area (Å²) in [5.74, 6) is 0.253. The first-order valence-corrected chi connectivity index (χ1v) is 6.28. The Balaban J connectivity index is 2.22. The third-order valence-corrected chi connectivity index (χ3v) is 3.04. The maximum atomic E-state index is 13.6. The molecular formula is C15H12ClFN2O. The second-order valence-electron chi connectivity index (χ2n) is 4.12. The molecule has 2 aromatic rings. The van der Waals surface area contributed by atoms with Crippen LogP contribution in [-0.4, -0.2) is 7.11 Å². The predicted molar refractivity (Wildman–Crippen MR) is 76.4 cm³/mol. The van der Waals surface area contributed by atoms with Crippen molar-refractivity contribution in [3.05, 3.63) is 58.4 Å². The number of methoxy groups -OCH3 is 1. The predicted octanol–water partition coefficient (Wildman–Crippen LogP) is 3.97. The quantitative estimate of drug-likeness (QED) is 0.926. The van der Waals surface area contributed by atoms with Gasteiger partial charge in [0.1, 0.15) is 11.6 Å². The Morgan fingerprint density at radius 3 is 2.80 bits per heavy atom. The Bertz CT molecular complexity index is 667. The summed E-state index contributed by atoms with van der Waals surface area (Å²) < 4.78 is 18.8. The number of nitrogens with one attached hydrogen (secondary N) is 1. The highest BCUT2D eigenvalue weighted by molar-refractivity contribution is 6.30. The SMILES string of the molecule is COc1ccc(C#N)cc1CNc1cc(Cl)ccc1F. The zero-order chi connectivity index (χ0) is 14.5. The molecule has 0 spiro atoms. The van der Waals surface area contributed by atoms with Crippen molar-refractivity contribution in [1.29, 1.82) is 5.26 Å². The van der Waals surface area contributed by atoms with Gasteiger partial charge in [-0.3, -0.25) is 0 Å². The van der Waals surface area contributed by atoms with Gasteiger partial charge in [-0.25, -0.2) is 4.39 Å². The van der Waals surface area contributed by atoms with Crippen molar-refractivity contribution in [2.75, 3.05) is 12.4 Å². The van der Waals surface area contributed by atoms with Gasteiger partial charge in [0.25, 0.3) is 0 Å². The monoisotopic (exact) mass is 290 g/mol. The maximum Gasteiger partial charge on any atom is 0.146 e. The lowest BCUT2D eigenvalue weighted by molar-refractivity contribution is 0.410. The number of rotatable bonds is 4. The Hall–Kier alpha value is -2.25. The number of nitriles is 1. The van der Waals surface area contributed by atoms with Gasteiger partial charge in [-0.1, -0.05) is 11.6 Å². The van der Waals surface area contributed by atoms with E-state index in [1.807, 2.05) is 0 Å². The molecule has 0 saturated carbocycles. The summed E-state index contributed by atoms with van der Waals surface area (Å²) >= 11 is 5.83. The summed E-state index contributed by atoms with van der Waals surface area (Å²) in [6, 6.07) is 11.4. The van der Waals surface area contributed by atoms with E-state index in [1.54, 1.807) is 25.3 Å². The smallest absolute Gasteiger partial charge is 0.146 e. The van der Waals surface area contributed by atoms with Crippen molar-refractivity contribution in [3.63, 3.8) is 0 Å². The first kappa shape index (κ1) is 14.2. The molecule has 2 rings (SSSR count). The number of hydrogen-bond acceptors (Lipinski definition) is 3. The van der Waals surface area contributed by atoms with Crippen LogP contribution in [0.2, 0.25) is 5.02 Å². The molecule has 102 valence electrons. The van der Waals surface area contributed by atoms with E-state index in [1.165, 1.54) is 18.2 Å². The Kier molecular flexibility index (Phi) is 4.44.